The number of benzene rings is 1. The first kappa shape index (κ1) is 18.1. The molecule has 22 heavy (non-hydrogen) atoms. The number of carbonyl (C=O) groups is 2. The Kier molecular flexibility index (Phi) is 6.97. The van der Waals surface area contributed by atoms with Crippen molar-refractivity contribution in [2.75, 3.05) is 6.54 Å². The second-order valence-corrected chi connectivity index (χ2v) is 5.25. The topological polar surface area (TPSA) is 153 Å². The lowest BCUT2D eigenvalue weighted by atomic mass is 9.93. The summed E-state index contributed by atoms with van der Waals surface area (Å²) >= 11 is 0. The van der Waals surface area contributed by atoms with Gasteiger partial charge in [-0.25, -0.2) is 0 Å². The maximum Gasteiger partial charge on any atom is 0.320 e. The summed E-state index contributed by atoms with van der Waals surface area (Å²) in [6, 6.07) is 2.35. The van der Waals surface area contributed by atoms with Gasteiger partial charge in [0.05, 0.1) is 6.04 Å². The summed E-state index contributed by atoms with van der Waals surface area (Å²) in [5.41, 5.74) is 17.5. The first-order valence-electron chi connectivity index (χ1n) is 7.17. The van der Waals surface area contributed by atoms with Crippen LogP contribution in [0.15, 0.2) is 18.2 Å². The molecule has 0 aliphatic heterocycles. The number of aliphatic carboxylic acids is 1. The number of ketones is 1. The molecule has 2 atom stereocenters. The molecule has 0 spiro atoms. The van der Waals surface area contributed by atoms with Crippen molar-refractivity contribution in [1.82, 2.24) is 0 Å². The highest BCUT2D eigenvalue weighted by molar-refractivity contribution is 6.01. The molecule has 0 saturated carbocycles. The van der Waals surface area contributed by atoms with Gasteiger partial charge in [-0.3, -0.25) is 9.59 Å². The molecule has 7 nitrogen and oxygen atoms in total. The molecule has 0 heterocycles. The fourth-order valence-electron chi connectivity index (χ4n) is 2.14. The van der Waals surface area contributed by atoms with Gasteiger partial charge in [0.1, 0.15) is 11.8 Å². The van der Waals surface area contributed by atoms with Crippen LogP contribution >= 0.6 is 0 Å². The van der Waals surface area contributed by atoms with Crippen molar-refractivity contribution in [2.45, 2.75) is 37.8 Å². The number of phenolic OH excluding ortho intramolecular Hbond substituents is 1. The van der Waals surface area contributed by atoms with Crippen LogP contribution in [0.3, 0.4) is 0 Å². The lowest BCUT2D eigenvalue weighted by Gasteiger charge is -2.15. The zero-order valence-corrected chi connectivity index (χ0v) is 12.4. The van der Waals surface area contributed by atoms with Crippen LogP contribution in [0.4, 0.5) is 0 Å². The molecule has 0 aliphatic carbocycles. The van der Waals surface area contributed by atoms with Gasteiger partial charge in [-0.2, -0.15) is 0 Å². The van der Waals surface area contributed by atoms with Gasteiger partial charge in [-0.15, -0.1) is 0 Å². The smallest absolute Gasteiger partial charge is 0.320 e. The maximum absolute atomic E-state index is 12.4. The second-order valence-electron chi connectivity index (χ2n) is 5.25. The Morgan fingerprint density at radius 2 is 1.82 bits per heavy atom. The van der Waals surface area contributed by atoms with Crippen molar-refractivity contribution in [3.8, 4) is 5.75 Å². The first-order chi connectivity index (χ1) is 10.4. The fourth-order valence-corrected chi connectivity index (χ4v) is 2.14. The highest BCUT2D eigenvalue weighted by Gasteiger charge is 2.22. The Balaban J connectivity index is 2.93. The fraction of sp³-hybridized carbons (Fsp3) is 0.467. The van der Waals surface area contributed by atoms with Crippen LogP contribution in [0, 0.1) is 0 Å². The van der Waals surface area contributed by atoms with Crippen molar-refractivity contribution in [1.29, 1.82) is 0 Å². The summed E-state index contributed by atoms with van der Waals surface area (Å²) in [4.78, 5) is 23.3. The van der Waals surface area contributed by atoms with E-state index in [1.165, 1.54) is 18.2 Å². The number of nitrogens with two attached hydrogens (primary N) is 3. The van der Waals surface area contributed by atoms with E-state index in [1.54, 1.807) is 0 Å². The summed E-state index contributed by atoms with van der Waals surface area (Å²) in [5.74, 6) is -1.57. The molecule has 0 unspecified atom stereocenters. The lowest BCUT2D eigenvalue weighted by Crippen LogP contribution is -2.35. The zero-order valence-electron chi connectivity index (χ0n) is 12.4. The quantitative estimate of drug-likeness (QED) is 0.317. The minimum Gasteiger partial charge on any atom is -0.508 e. The molecule has 1 rings (SSSR count). The van der Waals surface area contributed by atoms with Crippen LogP contribution in [0.2, 0.25) is 0 Å². The average Bonchev–Trinajstić information content (AvgIpc) is 2.48. The minimum absolute atomic E-state index is 0.00773. The van der Waals surface area contributed by atoms with Crippen LogP contribution in [0.25, 0.3) is 0 Å². The Morgan fingerprint density at radius 1 is 1.14 bits per heavy atom. The van der Waals surface area contributed by atoms with Gasteiger partial charge in [0.25, 0.3) is 0 Å². The Labute approximate surface area is 129 Å². The van der Waals surface area contributed by atoms with Gasteiger partial charge in [0.15, 0.2) is 5.78 Å². The Hall–Kier alpha value is -1.96. The van der Waals surface area contributed by atoms with E-state index >= 15 is 0 Å². The molecule has 0 amide bonds. The number of hydrogen-bond acceptors (Lipinski definition) is 6. The van der Waals surface area contributed by atoms with Gasteiger partial charge in [-0.1, -0.05) is 12.5 Å². The predicted molar refractivity (Wildman–Crippen MR) is 82.6 cm³/mol. The van der Waals surface area contributed by atoms with E-state index < -0.39 is 18.1 Å². The molecule has 0 aliphatic rings. The SMILES string of the molecule is NCCCC[C@H](N)C(=O)c1cc(O)ccc1C[C@H](N)C(=O)O. The monoisotopic (exact) mass is 309 g/mol. The Bertz CT molecular complexity index is 534. The summed E-state index contributed by atoms with van der Waals surface area (Å²) in [5, 5.41) is 18.5. The number of unbranched alkanes of at least 4 members (excludes halogenated alkanes) is 1. The van der Waals surface area contributed by atoms with Crippen molar-refractivity contribution in [3.63, 3.8) is 0 Å². The number of Topliss-reactive ketones (excluding diaryl/α,β-unsaturated/α-hetero) is 1. The van der Waals surface area contributed by atoms with Crippen molar-refractivity contribution < 1.29 is 19.8 Å². The van der Waals surface area contributed by atoms with Gasteiger partial charge < -0.3 is 27.4 Å². The number of aromatic hydroxyl groups is 1. The molecule has 0 aromatic heterocycles. The predicted octanol–water partition coefficient (Wildman–Crippen LogP) is -0.0144. The van der Waals surface area contributed by atoms with Gasteiger partial charge in [0, 0.05) is 5.56 Å². The normalized spacial score (nSPS) is 13.6. The van der Waals surface area contributed by atoms with Crippen molar-refractivity contribution in [3.05, 3.63) is 29.3 Å². The van der Waals surface area contributed by atoms with Crippen LogP contribution in [-0.2, 0) is 11.2 Å². The van der Waals surface area contributed by atoms with Gasteiger partial charge in [0.2, 0.25) is 0 Å². The molecular weight excluding hydrogens is 286 g/mol. The molecule has 1 aromatic carbocycles. The van der Waals surface area contributed by atoms with E-state index in [0.717, 1.165) is 12.8 Å². The van der Waals surface area contributed by atoms with E-state index in [-0.39, 0.29) is 23.5 Å². The summed E-state index contributed by atoms with van der Waals surface area (Å²) in [6.07, 6.45) is 1.98. The number of hydrogen-bond donors (Lipinski definition) is 5. The van der Waals surface area contributed by atoms with E-state index in [0.29, 0.717) is 18.5 Å². The van der Waals surface area contributed by atoms with Crippen LogP contribution in [0.5, 0.6) is 5.75 Å². The average molecular weight is 309 g/mol. The molecular formula is C15H23N3O4. The highest BCUT2D eigenvalue weighted by Crippen LogP contribution is 2.20. The van der Waals surface area contributed by atoms with E-state index in [4.69, 9.17) is 22.3 Å². The minimum atomic E-state index is -1.15. The second kappa shape index (κ2) is 8.47. The summed E-state index contributed by atoms with van der Waals surface area (Å²) in [7, 11) is 0. The van der Waals surface area contributed by atoms with Crippen molar-refractivity contribution in [2.24, 2.45) is 17.2 Å². The van der Waals surface area contributed by atoms with E-state index in [9.17, 15) is 14.7 Å². The highest BCUT2D eigenvalue weighted by atomic mass is 16.4. The number of carboxylic acid groups (broad SMARTS) is 1. The lowest BCUT2D eigenvalue weighted by molar-refractivity contribution is -0.138. The van der Waals surface area contributed by atoms with Gasteiger partial charge >= 0.3 is 5.97 Å². The van der Waals surface area contributed by atoms with E-state index in [2.05, 4.69) is 0 Å². The van der Waals surface area contributed by atoms with Crippen LogP contribution in [0.1, 0.15) is 35.2 Å². The molecule has 1 aromatic rings. The van der Waals surface area contributed by atoms with E-state index in [1.807, 2.05) is 0 Å². The molecule has 8 N–H and O–H groups in total. The van der Waals surface area contributed by atoms with Crippen LogP contribution in [-0.4, -0.2) is 40.6 Å². The number of phenols is 1. The summed E-state index contributed by atoms with van der Waals surface area (Å²) < 4.78 is 0. The largest absolute Gasteiger partial charge is 0.508 e. The molecule has 0 saturated heterocycles. The molecule has 0 fully saturated rings. The third kappa shape index (κ3) is 5.10. The number of carboxylic acids is 1. The summed E-state index contributed by atoms with van der Waals surface area (Å²) in [6.45, 7) is 0.533. The van der Waals surface area contributed by atoms with Crippen LogP contribution < -0.4 is 17.2 Å². The van der Waals surface area contributed by atoms with Crippen molar-refractivity contribution >= 4 is 11.8 Å². The maximum atomic E-state index is 12.4. The molecule has 0 radical (unpaired) electrons. The third-order valence-corrected chi connectivity index (χ3v) is 3.42. The molecule has 122 valence electrons. The standard InChI is InChI=1S/C15H23N3O4/c16-6-2-1-3-12(17)14(20)11-8-10(19)5-4-9(11)7-13(18)15(21)22/h4-5,8,12-13,19H,1-3,6-7,16-18H2,(H,21,22)/t12-,13-/m0/s1. The third-order valence-electron chi connectivity index (χ3n) is 3.42. The number of carbonyl (C=O) groups excluding carboxylic acids is 1. The Morgan fingerprint density at radius 3 is 2.41 bits per heavy atom. The zero-order chi connectivity index (χ0) is 16.7. The van der Waals surface area contributed by atoms with Gasteiger partial charge in [-0.05, 0) is 43.5 Å². The molecule has 7 heteroatoms. The first-order valence-corrected chi connectivity index (χ1v) is 7.17. The molecule has 0 bridgehead atoms. The number of rotatable bonds is 9.